The lowest BCUT2D eigenvalue weighted by molar-refractivity contribution is -0.181. The van der Waals surface area contributed by atoms with Crippen LogP contribution in [0.2, 0.25) is 0 Å². The van der Waals surface area contributed by atoms with Crippen LogP contribution in [0.15, 0.2) is 0 Å². The first-order chi connectivity index (χ1) is 11.7. The molecule has 3 nitrogen and oxygen atoms in total. The number of esters is 1. The molecule has 0 saturated heterocycles. The first kappa shape index (κ1) is 17.5. The Hall–Kier alpha value is -0.860. The number of ketones is 1. The van der Waals surface area contributed by atoms with E-state index in [9.17, 15) is 9.59 Å². The van der Waals surface area contributed by atoms with Crippen LogP contribution in [0.3, 0.4) is 0 Å². The Kier molecular flexibility index (Phi) is 3.91. The summed E-state index contributed by atoms with van der Waals surface area (Å²) in [5, 5.41) is 0. The van der Waals surface area contributed by atoms with Gasteiger partial charge in [-0.25, -0.2) is 0 Å². The van der Waals surface area contributed by atoms with E-state index in [1.807, 2.05) is 0 Å². The van der Waals surface area contributed by atoms with Crippen molar-refractivity contribution in [2.24, 2.45) is 34.0 Å². The predicted octanol–water partition coefficient (Wildman–Crippen LogP) is 4.92. The molecule has 7 atom stereocenters. The predicted molar refractivity (Wildman–Crippen MR) is 96.9 cm³/mol. The van der Waals surface area contributed by atoms with E-state index < -0.39 is 0 Å². The third-order valence-electron chi connectivity index (χ3n) is 9.37. The monoisotopic (exact) mass is 346 g/mol. The lowest BCUT2D eigenvalue weighted by Crippen LogP contribution is -2.58. The Morgan fingerprint density at radius 1 is 1.00 bits per heavy atom. The molecule has 0 bridgehead atoms. The summed E-state index contributed by atoms with van der Waals surface area (Å²) in [6, 6.07) is 0. The maximum absolute atomic E-state index is 12.5. The Morgan fingerprint density at radius 2 is 1.76 bits per heavy atom. The van der Waals surface area contributed by atoms with Gasteiger partial charge in [0.15, 0.2) is 0 Å². The Morgan fingerprint density at radius 3 is 2.48 bits per heavy atom. The number of ether oxygens (including phenoxy) is 1. The number of Topliss-reactive ketones (excluding diaryl/α,β-unsaturated/α-hetero) is 1. The molecule has 0 aromatic carbocycles. The third-order valence-corrected chi connectivity index (χ3v) is 9.37. The molecule has 0 N–H and O–H groups in total. The maximum atomic E-state index is 12.5. The minimum Gasteiger partial charge on any atom is -0.463 e. The zero-order chi connectivity index (χ0) is 18.0. The van der Waals surface area contributed by atoms with Crippen LogP contribution >= 0.6 is 0 Å². The quantitative estimate of drug-likeness (QED) is 0.633. The van der Waals surface area contributed by atoms with Crippen molar-refractivity contribution in [3.8, 4) is 0 Å². The number of carbonyl (C=O) groups excluding carboxylic acids is 2. The molecular formula is C22H34O3. The van der Waals surface area contributed by atoms with Gasteiger partial charge in [0.25, 0.3) is 0 Å². The average molecular weight is 347 g/mol. The van der Waals surface area contributed by atoms with Crippen LogP contribution in [-0.4, -0.2) is 17.9 Å². The van der Waals surface area contributed by atoms with E-state index in [0.717, 1.165) is 43.9 Å². The summed E-state index contributed by atoms with van der Waals surface area (Å²) in [4.78, 5) is 23.9. The smallest absolute Gasteiger partial charge is 0.302 e. The van der Waals surface area contributed by atoms with Crippen LogP contribution in [0.4, 0.5) is 0 Å². The zero-order valence-electron chi connectivity index (χ0n) is 16.4. The highest BCUT2D eigenvalue weighted by Gasteiger charge is 2.63. The van der Waals surface area contributed by atoms with Crippen LogP contribution in [0.5, 0.6) is 0 Å². The molecule has 140 valence electrons. The fraction of sp³-hybridized carbons (Fsp3) is 0.909. The molecule has 4 aliphatic carbocycles. The molecule has 6 unspecified atom stereocenters. The molecule has 4 fully saturated rings. The van der Waals surface area contributed by atoms with Gasteiger partial charge in [0.2, 0.25) is 0 Å². The second-order valence-electron chi connectivity index (χ2n) is 10.3. The molecule has 4 rings (SSSR count). The number of hydrogen-bond acceptors (Lipinski definition) is 3. The van der Waals surface area contributed by atoms with Gasteiger partial charge in [0.05, 0.1) is 0 Å². The molecule has 0 aromatic rings. The van der Waals surface area contributed by atoms with Crippen molar-refractivity contribution in [2.75, 3.05) is 0 Å². The number of carbonyl (C=O) groups is 2. The van der Waals surface area contributed by atoms with Crippen molar-refractivity contribution in [3.05, 3.63) is 0 Å². The zero-order valence-corrected chi connectivity index (χ0v) is 16.4. The molecular weight excluding hydrogens is 312 g/mol. The van der Waals surface area contributed by atoms with Crippen molar-refractivity contribution < 1.29 is 14.3 Å². The van der Waals surface area contributed by atoms with E-state index in [0.29, 0.717) is 17.1 Å². The molecule has 0 heterocycles. The molecule has 3 heteroatoms. The van der Waals surface area contributed by atoms with Gasteiger partial charge in [0, 0.05) is 18.8 Å². The Labute approximate surface area is 152 Å². The first-order valence-electron chi connectivity index (χ1n) is 10.4. The summed E-state index contributed by atoms with van der Waals surface area (Å²) in [5.41, 5.74) is 0.572. The topological polar surface area (TPSA) is 43.4 Å². The lowest BCUT2D eigenvalue weighted by atomic mass is 9.40. The van der Waals surface area contributed by atoms with Crippen molar-refractivity contribution in [1.29, 1.82) is 0 Å². The average Bonchev–Trinajstić information content (AvgIpc) is 2.84. The molecule has 0 aliphatic heterocycles. The third kappa shape index (κ3) is 2.36. The first-order valence-corrected chi connectivity index (χ1v) is 10.4. The van der Waals surface area contributed by atoms with Crippen LogP contribution < -0.4 is 0 Å². The summed E-state index contributed by atoms with van der Waals surface area (Å²) >= 11 is 0. The SMILES string of the molecule is CC(=O)OC1CCC2(C)C3CCC4(C)C(=O)CCC4C3CC[C@@]2(C)C1. The summed E-state index contributed by atoms with van der Waals surface area (Å²) in [6.45, 7) is 8.77. The fourth-order valence-corrected chi connectivity index (χ4v) is 7.69. The highest BCUT2D eigenvalue weighted by molar-refractivity contribution is 5.87. The van der Waals surface area contributed by atoms with Gasteiger partial charge in [0.1, 0.15) is 11.9 Å². The molecule has 0 aromatic heterocycles. The van der Waals surface area contributed by atoms with E-state index in [-0.39, 0.29) is 22.9 Å². The van der Waals surface area contributed by atoms with Crippen molar-refractivity contribution in [2.45, 2.75) is 91.6 Å². The summed E-state index contributed by atoms with van der Waals surface area (Å²) in [6.07, 6.45) is 10.0. The van der Waals surface area contributed by atoms with Crippen molar-refractivity contribution >= 4 is 11.8 Å². The van der Waals surface area contributed by atoms with Gasteiger partial charge in [-0.15, -0.1) is 0 Å². The van der Waals surface area contributed by atoms with Gasteiger partial charge in [-0.05, 0) is 80.0 Å². The summed E-state index contributed by atoms with van der Waals surface area (Å²) in [5.74, 6) is 2.49. The highest BCUT2D eigenvalue weighted by Crippen LogP contribution is 2.69. The van der Waals surface area contributed by atoms with Gasteiger partial charge >= 0.3 is 5.97 Å². The fourth-order valence-electron chi connectivity index (χ4n) is 7.69. The number of hydrogen-bond donors (Lipinski definition) is 0. The highest BCUT2D eigenvalue weighted by atomic mass is 16.5. The summed E-state index contributed by atoms with van der Waals surface area (Å²) in [7, 11) is 0. The van der Waals surface area contributed by atoms with Crippen LogP contribution in [0.1, 0.15) is 85.5 Å². The minimum atomic E-state index is -0.135. The molecule has 4 saturated carbocycles. The lowest BCUT2D eigenvalue weighted by Gasteiger charge is -2.64. The van der Waals surface area contributed by atoms with Gasteiger partial charge in [-0.3, -0.25) is 9.59 Å². The standard InChI is InChI=1S/C22H34O3/c1-14(23)25-15-7-12-22(4)18-9-11-21(3)17(5-6-19(21)24)16(18)8-10-20(22,2)13-15/h15-18H,5-13H2,1-4H3/t15?,16?,17?,18?,20-,21?,22?/m0/s1. The summed E-state index contributed by atoms with van der Waals surface area (Å²) < 4.78 is 5.60. The Bertz CT molecular complexity index is 598. The minimum absolute atomic E-state index is 0.0276. The normalized spacial score (nSPS) is 52.1. The van der Waals surface area contributed by atoms with Crippen LogP contribution in [0.25, 0.3) is 0 Å². The van der Waals surface area contributed by atoms with E-state index in [1.54, 1.807) is 0 Å². The second kappa shape index (κ2) is 5.57. The molecule has 4 aliphatic rings. The van der Waals surface area contributed by atoms with E-state index in [4.69, 9.17) is 4.74 Å². The molecule has 0 amide bonds. The van der Waals surface area contributed by atoms with Crippen molar-refractivity contribution in [3.63, 3.8) is 0 Å². The maximum Gasteiger partial charge on any atom is 0.302 e. The van der Waals surface area contributed by atoms with E-state index >= 15 is 0 Å². The largest absolute Gasteiger partial charge is 0.463 e. The van der Waals surface area contributed by atoms with Gasteiger partial charge in [-0.1, -0.05) is 20.8 Å². The number of rotatable bonds is 1. The molecule has 0 spiro atoms. The van der Waals surface area contributed by atoms with E-state index in [1.165, 1.54) is 32.6 Å². The van der Waals surface area contributed by atoms with Crippen LogP contribution in [-0.2, 0) is 14.3 Å². The van der Waals surface area contributed by atoms with Crippen LogP contribution in [0, 0.1) is 34.0 Å². The van der Waals surface area contributed by atoms with E-state index in [2.05, 4.69) is 20.8 Å². The van der Waals surface area contributed by atoms with Crippen molar-refractivity contribution in [1.82, 2.24) is 0 Å². The number of fused-ring (bicyclic) bond motifs is 5. The van der Waals surface area contributed by atoms with Gasteiger partial charge in [-0.2, -0.15) is 0 Å². The Balaban J connectivity index is 1.60. The second-order valence-corrected chi connectivity index (χ2v) is 10.3. The van der Waals surface area contributed by atoms with Gasteiger partial charge < -0.3 is 4.74 Å². The molecule has 0 radical (unpaired) electrons. The molecule has 25 heavy (non-hydrogen) atoms.